The molecule has 0 aliphatic rings. The van der Waals surface area contributed by atoms with Gasteiger partial charge in [-0.15, -0.1) is 0 Å². The largest absolute Gasteiger partial charge is 0.478 e. The number of rotatable bonds is 9. The summed E-state index contributed by atoms with van der Waals surface area (Å²) in [6.45, 7) is 2.62. The molecule has 0 saturated carbocycles. The SMILES string of the molecule is [2H]c1c([2H])c(CCCNC[C@H](O)c2cccc(C)c2)c([2H])c(-c2c([2H])c([2H])c([2H])c(C(=O)O)c2[2H])c1[2H]. The molecule has 3 N–H and O–H groups in total. The number of aromatic carboxylic acids is 1. The van der Waals surface area contributed by atoms with E-state index in [2.05, 4.69) is 5.32 Å². The van der Waals surface area contributed by atoms with Crippen LogP contribution in [0.2, 0.25) is 0 Å². The molecule has 0 aliphatic heterocycles. The second kappa shape index (κ2) is 10.0. The Morgan fingerprint density at radius 1 is 1.14 bits per heavy atom. The number of benzene rings is 3. The molecule has 4 heteroatoms. The third-order valence-corrected chi connectivity index (χ3v) is 4.31. The summed E-state index contributed by atoms with van der Waals surface area (Å²) < 4.78 is 65.7. The molecule has 0 radical (unpaired) electrons. The molecule has 0 bridgehead atoms. The summed E-state index contributed by atoms with van der Waals surface area (Å²) in [7, 11) is 0. The van der Waals surface area contributed by atoms with Crippen molar-refractivity contribution in [1.29, 1.82) is 0 Å². The Balaban J connectivity index is 1.89. The third-order valence-electron chi connectivity index (χ3n) is 4.31. The van der Waals surface area contributed by atoms with E-state index < -0.39 is 59.5 Å². The summed E-state index contributed by atoms with van der Waals surface area (Å²) in [5, 5.41) is 22.9. The van der Waals surface area contributed by atoms with Crippen LogP contribution < -0.4 is 5.32 Å². The zero-order valence-electron chi connectivity index (χ0n) is 24.0. The van der Waals surface area contributed by atoms with E-state index >= 15 is 0 Å². The zero-order chi connectivity index (χ0) is 27.6. The van der Waals surface area contributed by atoms with Crippen molar-refractivity contribution in [2.45, 2.75) is 25.9 Å². The number of aryl methyl sites for hydroxylation is 1. The van der Waals surface area contributed by atoms with Crippen molar-refractivity contribution < 1.29 is 26.0 Å². The molecule has 4 nitrogen and oxygen atoms in total. The quantitative estimate of drug-likeness (QED) is 0.461. The molecule has 0 fully saturated rings. The van der Waals surface area contributed by atoms with E-state index in [1.165, 1.54) is 0 Å². The van der Waals surface area contributed by atoms with Gasteiger partial charge in [-0.25, -0.2) is 4.79 Å². The fourth-order valence-corrected chi connectivity index (χ4v) is 2.83. The van der Waals surface area contributed by atoms with Gasteiger partial charge in [0, 0.05) is 6.54 Å². The van der Waals surface area contributed by atoms with Crippen molar-refractivity contribution in [1.82, 2.24) is 5.32 Å². The number of carboxylic acid groups (broad SMARTS) is 1. The third kappa shape index (κ3) is 6.01. The van der Waals surface area contributed by atoms with Gasteiger partial charge in [0.05, 0.1) is 22.6 Å². The predicted molar refractivity (Wildman–Crippen MR) is 116 cm³/mol. The minimum absolute atomic E-state index is 0.0918. The van der Waals surface area contributed by atoms with E-state index in [0.717, 1.165) is 11.1 Å². The van der Waals surface area contributed by atoms with Crippen LogP contribution in [0.25, 0.3) is 11.1 Å². The van der Waals surface area contributed by atoms with Crippen LogP contribution in [0.5, 0.6) is 0 Å². The lowest BCUT2D eigenvalue weighted by atomic mass is 9.99. The average Bonchev–Trinajstić information content (AvgIpc) is 2.84. The van der Waals surface area contributed by atoms with Gasteiger partial charge in [0.15, 0.2) is 0 Å². The molecule has 0 aromatic heterocycles. The summed E-state index contributed by atoms with van der Waals surface area (Å²) in [5.41, 5.74) is 0.213. The lowest BCUT2D eigenvalue weighted by Gasteiger charge is -2.13. The van der Waals surface area contributed by atoms with Gasteiger partial charge in [0.2, 0.25) is 0 Å². The molecule has 3 rings (SSSR count). The second-order valence-corrected chi connectivity index (χ2v) is 6.65. The fraction of sp³-hybridized carbons (Fsp3) is 0.240. The van der Waals surface area contributed by atoms with Gasteiger partial charge in [-0.2, -0.15) is 0 Å². The first-order valence-electron chi connectivity index (χ1n) is 13.3. The lowest BCUT2D eigenvalue weighted by molar-refractivity contribution is 0.0697. The van der Waals surface area contributed by atoms with Crippen LogP contribution in [0.1, 0.15) is 50.5 Å². The first kappa shape index (κ1) is 12.6. The van der Waals surface area contributed by atoms with Gasteiger partial charge in [0.1, 0.15) is 0 Å². The summed E-state index contributed by atoms with van der Waals surface area (Å²) in [6, 6.07) is 2.56. The number of carbonyl (C=O) groups is 1. The maximum Gasteiger partial charge on any atom is 0.335 e. The van der Waals surface area contributed by atoms with E-state index in [4.69, 9.17) is 11.0 Å². The fourth-order valence-electron chi connectivity index (χ4n) is 2.83. The van der Waals surface area contributed by atoms with Crippen molar-refractivity contribution in [2.24, 2.45) is 0 Å². The van der Waals surface area contributed by atoms with Crippen molar-refractivity contribution in [3.63, 3.8) is 0 Å². The topological polar surface area (TPSA) is 69.6 Å². The number of aliphatic hydroxyl groups excluding tert-OH is 1. The highest BCUT2D eigenvalue weighted by Crippen LogP contribution is 2.22. The van der Waals surface area contributed by atoms with Gasteiger partial charge >= 0.3 is 5.97 Å². The summed E-state index contributed by atoms with van der Waals surface area (Å²) >= 11 is 0. The van der Waals surface area contributed by atoms with Crippen LogP contribution in [-0.4, -0.2) is 29.3 Å². The molecule has 1 atom stereocenters. The maximum absolute atomic E-state index is 11.6. The van der Waals surface area contributed by atoms with Gasteiger partial charge in [-0.3, -0.25) is 0 Å². The van der Waals surface area contributed by atoms with Crippen LogP contribution in [0.4, 0.5) is 0 Å². The normalized spacial score (nSPS) is 15.8. The Kier molecular flexibility index (Phi) is 4.34. The van der Waals surface area contributed by atoms with Crippen LogP contribution in [0.15, 0.2) is 72.6 Å². The number of carboxylic acids is 1. The van der Waals surface area contributed by atoms with Crippen LogP contribution in [0.3, 0.4) is 0 Å². The first-order valence-corrected chi connectivity index (χ1v) is 9.26. The molecule has 150 valence electrons. The van der Waals surface area contributed by atoms with Gasteiger partial charge in [-0.1, -0.05) is 66.1 Å². The molecular weight excluding hydrogens is 362 g/mol. The molecule has 0 saturated heterocycles. The molecule has 0 heterocycles. The Labute approximate surface area is 183 Å². The number of hydrogen-bond donors (Lipinski definition) is 3. The first-order chi connectivity index (χ1) is 17.4. The minimum atomic E-state index is -1.65. The average molecular weight is 398 g/mol. The van der Waals surface area contributed by atoms with Gasteiger partial charge in [-0.05, 0) is 60.6 Å². The molecule has 0 spiro atoms. The van der Waals surface area contributed by atoms with Crippen LogP contribution >= 0.6 is 0 Å². The smallest absolute Gasteiger partial charge is 0.335 e. The van der Waals surface area contributed by atoms with E-state index in [-0.39, 0.29) is 36.2 Å². The van der Waals surface area contributed by atoms with Gasteiger partial charge < -0.3 is 15.5 Å². The molecule has 0 amide bonds. The Morgan fingerprint density at radius 2 is 1.90 bits per heavy atom. The number of nitrogens with one attached hydrogen (secondary N) is 1. The molecular formula is C25H27NO3. The van der Waals surface area contributed by atoms with Crippen LogP contribution in [0, 0.1) is 6.92 Å². The molecule has 0 aliphatic carbocycles. The number of hydrogen-bond acceptors (Lipinski definition) is 3. The van der Waals surface area contributed by atoms with Gasteiger partial charge in [0.25, 0.3) is 0 Å². The molecule has 29 heavy (non-hydrogen) atoms. The monoisotopic (exact) mass is 397 g/mol. The van der Waals surface area contributed by atoms with Crippen molar-refractivity contribution >= 4 is 5.97 Å². The highest BCUT2D eigenvalue weighted by molar-refractivity contribution is 5.89. The lowest BCUT2D eigenvalue weighted by Crippen LogP contribution is -2.22. The molecule has 3 aromatic carbocycles. The minimum Gasteiger partial charge on any atom is -0.478 e. The van der Waals surface area contributed by atoms with E-state index in [1.54, 1.807) is 0 Å². The van der Waals surface area contributed by atoms with E-state index in [0.29, 0.717) is 13.0 Å². The molecule has 3 aromatic rings. The standard InChI is InChI=1S/C25H27NO3/c1-18-6-2-11-22(14-18)24(27)17-26-13-5-8-19-7-3-9-20(15-19)21-10-4-12-23(16-21)25(28)29/h2-4,6-7,9-12,14-16,24,26-27H,5,8,13,17H2,1H3,(H,28,29)/t24-/m0/s1/i3D,4D,7D,9D,10D,12D,15D,16D. The predicted octanol–water partition coefficient (Wildman–Crippen LogP) is 4.62. The second-order valence-electron chi connectivity index (χ2n) is 6.65. The molecule has 0 unspecified atom stereocenters. The zero-order valence-corrected chi connectivity index (χ0v) is 16.0. The summed E-state index contributed by atoms with van der Waals surface area (Å²) in [4.78, 5) is 11.6. The highest BCUT2D eigenvalue weighted by Gasteiger charge is 2.07. The summed E-state index contributed by atoms with van der Waals surface area (Å²) in [6.07, 6.45) is -0.173. The van der Waals surface area contributed by atoms with Crippen molar-refractivity contribution in [3.8, 4) is 11.1 Å². The Morgan fingerprint density at radius 3 is 2.66 bits per heavy atom. The number of aliphatic hydroxyl groups is 1. The van der Waals surface area contributed by atoms with Crippen molar-refractivity contribution in [3.05, 3.63) is 94.9 Å². The Bertz CT molecular complexity index is 1360. The van der Waals surface area contributed by atoms with Crippen LogP contribution in [-0.2, 0) is 6.42 Å². The van der Waals surface area contributed by atoms with Crippen molar-refractivity contribution in [2.75, 3.05) is 13.1 Å². The Hall–Kier alpha value is -2.95. The maximum atomic E-state index is 11.6. The van der Waals surface area contributed by atoms with E-state index in [1.807, 2.05) is 31.2 Å². The van der Waals surface area contributed by atoms with E-state index in [9.17, 15) is 15.0 Å². The highest BCUT2D eigenvalue weighted by atomic mass is 16.4. The summed E-state index contributed by atoms with van der Waals surface area (Å²) in [5.74, 6) is -1.65.